The lowest BCUT2D eigenvalue weighted by molar-refractivity contribution is -0.138. The average molecular weight is 443 g/mol. The molecule has 0 saturated carbocycles. The van der Waals surface area contributed by atoms with Gasteiger partial charge in [-0.2, -0.15) is 0 Å². The number of aryl methyl sites for hydroxylation is 1. The molecule has 2 aromatic rings. The average Bonchev–Trinajstić information content (AvgIpc) is 2.76. The third kappa shape index (κ3) is 7.94. The van der Waals surface area contributed by atoms with Gasteiger partial charge >= 0.3 is 0 Å². The van der Waals surface area contributed by atoms with Crippen LogP contribution < -0.4 is 10.1 Å². The molecule has 0 fully saturated rings. The molecule has 2 rings (SSSR count). The van der Waals surface area contributed by atoms with E-state index in [1.54, 1.807) is 30.7 Å². The fourth-order valence-electron chi connectivity index (χ4n) is 3.11. The zero-order valence-corrected chi connectivity index (χ0v) is 20.0. The first-order valence-electron chi connectivity index (χ1n) is 10.6. The van der Waals surface area contributed by atoms with Gasteiger partial charge in [-0.1, -0.05) is 50.2 Å². The number of rotatable bonds is 11. The first kappa shape index (κ1) is 24.8. The molecule has 1 unspecified atom stereocenters. The second kappa shape index (κ2) is 12.4. The summed E-state index contributed by atoms with van der Waals surface area (Å²) in [6.45, 7) is 8.91. The Morgan fingerprint density at radius 2 is 1.84 bits per heavy atom. The number of nitrogens with zero attached hydrogens (tertiary/aromatic N) is 1. The molecule has 0 radical (unpaired) electrons. The van der Waals surface area contributed by atoms with Crippen LogP contribution in [0.15, 0.2) is 48.5 Å². The molecular weight excluding hydrogens is 408 g/mol. The third-order valence-electron chi connectivity index (χ3n) is 5.08. The van der Waals surface area contributed by atoms with Gasteiger partial charge < -0.3 is 15.0 Å². The monoisotopic (exact) mass is 442 g/mol. The maximum Gasteiger partial charge on any atom is 0.242 e. The summed E-state index contributed by atoms with van der Waals surface area (Å²) in [6, 6.07) is 15.2. The van der Waals surface area contributed by atoms with E-state index in [-0.39, 0.29) is 11.8 Å². The molecule has 31 heavy (non-hydrogen) atoms. The fraction of sp³-hybridized carbons (Fsp3) is 0.440. The number of benzene rings is 2. The minimum Gasteiger partial charge on any atom is -0.497 e. The van der Waals surface area contributed by atoms with Gasteiger partial charge in [-0.25, -0.2) is 0 Å². The second-order valence-corrected chi connectivity index (χ2v) is 9.09. The van der Waals surface area contributed by atoms with Gasteiger partial charge in [0.2, 0.25) is 11.8 Å². The predicted molar refractivity (Wildman–Crippen MR) is 128 cm³/mol. The van der Waals surface area contributed by atoms with Crippen LogP contribution in [0.1, 0.15) is 37.5 Å². The topological polar surface area (TPSA) is 58.6 Å². The summed E-state index contributed by atoms with van der Waals surface area (Å²) >= 11 is 1.57. The number of carbonyl (C=O) groups excluding carboxylic acids is 2. The third-order valence-corrected chi connectivity index (χ3v) is 6.05. The summed E-state index contributed by atoms with van der Waals surface area (Å²) in [5.74, 6) is 1.99. The van der Waals surface area contributed by atoms with Gasteiger partial charge in [-0.15, -0.1) is 11.8 Å². The summed E-state index contributed by atoms with van der Waals surface area (Å²) < 4.78 is 5.31. The molecule has 1 N–H and O–H groups in total. The Kier molecular flexibility index (Phi) is 9.92. The van der Waals surface area contributed by atoms with Crippen LogP contribution >= 0.6 is 11.8 Å². The fourth-order valence-corrected chi connectivity index (χ4v) is 4.09. The van der Waals surface area contributed by atoms with E-state index in [2.05, 4.69) is 24.4 Å². The zero-order valence-electron chi connectivity index (χ0n) is 19.2. The van der Waals surface area contributed by atoms with Crippen LogP contribution in [-0.2, 0) is 21.9 Å². The van der Waals surface area contributed by atoms with Crippen molar-refractivity contribution >= 4 is 23.6 Å². The van der Waals surface area contributed by atoms with E-state index in [9.17, 15) is 9.59 Å². The van der Waals surface area contributed by atoms with Crippen molar-refractivity contribution in [1.82, 2.24) is 10.2 Å². The molecule has 6 heteroatoms. The minimum absolute atomic E-state index is 0.0476. The van der Waals surface area contributed by atoms with E-state index in [0.717, 1.165) is 17.1 Å². The van der Waals surface area contributed by atoms with Crippen LogP contribution in [0, 0.1) is 12.8 Å². The molecular formula is C25H34N2O3S. The molecule has 0 aliphatic heterocycles. The highest BCUT2D eigenvalue weighted by Crippen LogP contribution is 2.19. The standard InChI is InChI=1S/C25H34N2O3S/c1-18(2)14-26-25(29)20(4)27(15-21-10-8-12-23(13-21)30-5)24(28)17-31-16-22-11-7-6-9-19(22)3/h6-13,18,20H,14-17H2,1-5H3,(H,26,29). The molecule has 0 saturated heterocycles. The molecule has 0 aromatic heterocycles. The molecule has 0 aliphatic carbocycles. The highest BCUT2D eigenvalue weighted by Gasteiger charge is 2.26. The summed E-state index contributed by atoms with van der Waals surface area (Å²) in [7, 11) is 1.62. The number of thioether (sulfide) groups is 1. The van der Waals surface area contributed by atoms with E-state index < -0.39 is 6.04 Å². The van der Waals surface area contributed by atoms with Crippen molar-refractivity contribution in [3.63, 3.8) is 0 Å². The normalized spacial score (nSPS) is 11.8. The summed E-state index contributed by atoms with van der Waals surface area (Å²) in [5, 5.41) is 2.95. The van der Waals surface area contributed by atoms with Crippen molar-refractivity contribution in [1.29, 1.82) is 0 Å². The molecule has 5 nitrogen and oxygen atoms in total. The lowest BCUT2D eigenvalue weighted by Gasteiger charge is -2.29. The molecule has 2 aromatic carbocycles. The highest BCUT2D eigenvalue weighted by molar-refractivity contribution is 7.99. The van der Waals surface area contributed by atoms with Crippen molar-refractivity contribution < 1.29 is 14.3 Å². The number of methoxy groups -OCH3 is 1. The summed E-state index contributed by atoms with van der Waals surface area (Å²) in [5.41, 5.74) is 3.37. The molecule has 2 amide bonds. The zero-order chi connectivity index (χ0) is 22.8. The summed E-state index contributed by atoms with van der Waals surface area (Å²) in [6.07, 6.45) is 0. The number of carbonyl (C=O) groups is 2. The molecule has 0 aliphatic rings. The number of nitrogens with one attached hydrogen (secondary N) is 1. The maximum atomic E-state index is 13.2. The molecule has 168 valence electrons. The largest absolute Gasteiger partial charge is 0.497 e. The van der Waals surface area contributed by atoms with E-state index in [4.69, 9.17) is 4.74 Å². The number of ether oxygens (including phenoxy) is 1. The molecule has 1 atom stereocenters. The Balaban J connectivity index is 2.10. The van der Waals surface area contributed by atoms with E-state index in [1.165, 1.54) is 11.1 Å². The Labute approximate surface area is 190 Å². The highest BCUT2D eigenvalue weighted by atomic mass is 32.2. The minimum atomic E-state index is -0.559. The van der Waals surface area contributed by atoms with E-state index in [1.807, 2.05) is 50.2 Å². The van der Waals surface area contributed by atoms with Gasteiger partial charge in [0, 0.05) is 18.8 Å². The van der Waals surface area contributed by atoms with Gasteiger partial charge in [0.05, 0.1) is 12.9 Å². The van der Waals surface area contributed by atoms with Crippen molar-refractivity contribution in [2.75, 3.05) is 19.4 Å². The van der Waals surface area contributed by atoms with Crippen molar-refractivity contribution in [3.05, 3.63) is 65.2 Å². The number of amides is 2. The molecule has 0 heterocycles. The lowest BCUT2D eigenvalue weighted by Crippen LogP contribution is -2.48. The van der Waals surface area contributed by atoms with Gasteiger partial charge in [0.15, 0.2) is 0 Å². The Bertz CT molecular complexity index is 869. The van der Waals surface area contributed by atoms with E-state index in [0.29, 0.717) is 24.8 Å². The van der Waals surface area contributed by atoms with Crippen LogP contribution in [-0.4, -0.2) is 42.2 Å². The van der Waals surface area contributed by atoms with Crippen molar-refractivity contribution in [2.45, 2.75) is 46.0 Å². The van der Waals surface area contributed by atoms with E-state index >= 15 is 0 Å². The maximum absolute atomic E-state index is 13.2. The van der Waals surface area contributed by atoms with Crippen LogP contribution in [0.4, 0.5) is 0 Å². The van der Waals surface area contributed by atoms with Crippen LogP contribution in [0.25, 0.3) is 0 Å². The first-order valence-corrected chi connectivity index (χ1v) is 11.8. The van der Waals surface area contributed by atoms with Gasteiger partial charge in [0.25, 0.3) is 0 Å². The van der Waals surface area contributed by atoms with Crippen molar-refractivity contribution in [2.24, 2.45) is 5.92 Å². The predicted octanol–water partition coefficient (Wildman–Crippen LogP) is 4.43. The SMILES string of the molecule is COc1cccc(CN(C(=O)CSCc2ccccc2C)C(C)C(=O)NCC(C)C)c1. The second-order valence-electron chi connectivity index (χ2n) is 8.11. The smallest absolute Gasteiger partial charge is 0.242 e. The van der Waals surface area contributed by atoms with Crippen molar-refractivity contribution in [3.8, 4) is 5.75 Å². The number of hydrogen-bond acceptors (Lipinski definition) is 4. The van der Waals surface area contributed by atoms with Crippen LogP contribution in [0.2, 0.25) is 0 Å². The number of hydrogen-bond donors (Lipinski definition) is 1. The van der Waals surface area contributed by atoms with Gasteiger partial charge in [-0.3, -0.25) is 9.59 Å². The lowest BCUT2D eigenvalue weighted by atomic mass is 10.1. The Morgan fingerprint density at radius 3 is 2.52 bits per heavy atom. The Morgan fingerprint density at radius 1 is 1.10 bits per heavy atom. The summed E-state index contributed by atoms with van der Waals surface area (Å²) in [4.78, 5) is 27.5. The molecule has 0 bridgehead atoms. The van der Waals surface area contributed by atoms with Crippen LogP contribution in [0.5, 0.6) is 5.75 Å². The van der Waals surface area contributed by atoms with Crippen LogP contribution in [0.3, 0.4) is 0 Å². The first-order chi connectivity index (χ1) is 14.8. The van der Waals surface area contributed by atoms with Gasteiger partial charge in [-0.05, 0) is 48.6 Å². The Hall–Kier alpha value is -2.47. The van der Waals surface area contributed by atoms with Gasteiger partial charge in [0.1, 0.15) is 11.8 Å². The molecule has 0 spiro atoms. The quantitative estimate of drug-likeness (QED) is 0.559.